The van der Waals surface area contributed by atoms with E-state index >= 15 is 0 Å². The van der Waals surface area contributed by atoms with E-state index < -0.39 is 0 Å². The minimum Gasteiger partial charge on any atom is -0.330 e. The molecule has 0 aromatic heterocycles. The van der Waals surface area contributed by atoms with E-state index in [1.54, 1.807) is 11.1 Å². The second-order valence-electron chi connectivity index (χ2n) is 3.45. The highest BCUT2D eigenvalue weighted by Gasteiger charge is 2.12. The predicted molar refractivity (Wildman–Crippen MR) is 51.2 cm³/mol. The number of fused-ring (bicyclic) bond motifs is 1. The summed E-state index contributed by atoms with van der Waals surface area (Å²) in [5, 5.41) is 0. The molecule has 0 fully saturated rings. The summed E-state index contributed by atoms with van der Waals surface area (Å²) in [6.45, 7) is 0.774. The van der Waals surface area contributed by atoms with Crippen LogP contribution in [0.5, 0.6) is 0 Å². The minimum absolute atomic E-state index is 0.774. The Morgan fingerprint density at radius 1 is 1.25 bits per heavy atom. The molecule has 1 aromatic rings. The lowest BCUT2D eigenvalue weighted by Gasteiger charge is -2.05. The fourth-order valence-electron chi connectivity index (χ4n) is 2.09. The van der Waals surface area contributed by atoms with Gasteiger partial charge in [-0.15, -0.1) is 0 Å². The topological polar surface area (TPSA) is 26.0 Å². The first kappa shape index (κ1) is 7.81. The zero-order valence-corrected chi connectivity index (χ0v) is 7.34. The summed E-state index contributed by atoms with van der Waals surface area (Å²) < 4.78 is 0. The van der Waals surface area contributed by atoms with Gasteiger partial charge in [0.25, 0.3) is 0 Å². The Labute approximate surface area is 73.6 Å². The summed E-state index contributed by atoms with van der Waals surface area (Å²) in [6, 6.07) is 6.63. The van der Waals surface area contributed by atoms with Gasteiger partial charge < -0.3 is 5.73 Å². The molecule has 12 heavy (non-hydrogen) atoms. The third kappa shape index (κ3) is 1.25. The lowest BCUT2D eigenvalue weighted by Crippen LogP contribution is -2.04. The second kappa shape index (κ2) is 3.28. The summed E-state index contributed by atoms with van der Waals surface area (Å²) >= 11 is 0. The van der Waals surface area contributed by atoms with Crippen molar-refractivity contribution in [2.24, 2.45) is 5.73 Å². The molecule has 2 rings (SSSR count). The van der Waals surface area contributed by atoms with E-state index in [9.17, 15) is 0 Å². The Balaban J connectivity index is 2.36. The molecule has 0 bridgehead atoms. The van der Waals surface area contributed by atoms with Crippen LogP contribution in [0.15, 0.2) is 18.2 Å². The fraction of sp³-hybridized carbons (Fsp3) is 0.455. The Morgan fingerprint density at radius 3 is 3.00 bits per heavy atom. The first-order chi connectivity index (χ1) is 5.92. The van der Waals surface area contributed by atoms with Gasteiger partial charge in [0, 0.05) is 0 Å². The minimum atomic E-state index is 0.774. The molecule has 0 atom stereocenters. The van der Waals surface area contributed by atoms with E-state index in [2.05, 4.69) is 18.2 Å². The molecule has 1 aliphatic rings. The molecular formula is C11H15N. The molecule has 1 aliphatic carbocycles. The third-order valence-corrected chi connectivity index (χ3v) is 2.66. The Bertz CT molecular complexity index is 278. The number of aryl methyl sites for hydroxylation is 1. The van der Waals surface area contributed by atoms with Crippen LogP contribution in [0.3, 0.4) is 0 Å². The highest BCUT2D eigenvalue weighted by Crippen LogP contribution is 2.25. The third-order valence-electron chi connectivity index (χ3n) is 2.66. The van der Waals surface area contributed by atoms with Gasteiger partial charge in [-0.2, -0.15) is 0 Å². The maximum absolute atomic E-state index is 5.55. The summed E-state index contributed by atoms with van der Waals surface area (Å²) in [5.41, 5.74) is 10.2. The molecule has 0 spiro atoms. The molecule has 0 amide bonds. The number of hydrogen-bond donors (Lipinski definition) is 1. The highest BCUT2D eigenvalue weighted by molar-refractivity contribution is 5.38. The Hall–Kier alpha value is -0.820. The lowest BCUT2D eigenvalue weighted by molar-refractivity contribution is 0.895. The second-order valence-corrected chi connectivity index (χ2v) is 3.45. The molecule has 0 saturated carbocycles. The van der Waals surface area contributed by atoms with Crippen molar-refractivity contribution in [3.8, 4) is 0 Å². The van der Waals surface area contributed by atoms with E-state index in [1.807, 2.05) is 0 Å². The monoisotopic (exact) mass is 161 g/mol. The molecule has 0 unspecified atom stereocenters. The molecule has 2 N–H and O–H groups in total. The van der Waals surface area contributed by atoms with Gasteiger partial charge in [0.1, 0.15) is 0 Å². The quantitative estimate of drug-likeness (QED) is 0.701. The van der Waals surface area contributed by atoms with E-state index in [-0.39, 0.29) is 0 Å². The van der Waals surface area contributed by atoms with Gasteiger partial charge in [-0.1, -0.05) is 18.2 Å². The first-order valence-corrected chi connectivity index (χ1v) is 4.71. The lowest BCUT2D eigenvalue weighted by atomic mass is 10.0. The van der Waals surface area contributed by atoms with Gasteiger partial charge in [0.15, 0.2) is 0 Å². The SMILES string of the molecule is NCCc1cccc2c1CCC2. The number of hydrogen-bond acceptors (Lipinski definition) is 1. The van der Waals surface area contributed by atoms with Crippen molar-refractivity contribution in [3.05, 3.63) is 34.9 Å². The summed E-state index contributed by atoms with van der Waals surface area (Å²) in [6.07, 6.45) is 4.92. The summed E-state index contributed by atoms with van der Waals surface area (Å²) in [7, 11) is 0. The number of nitrogens with two attached hydrogens (primary N) is 1. The van der Waals surface area contributed by atoms with Crippen molar-refractivity contribution in [2.45, 2.75) is 25.7 Å². The Morgan fingerprint density at radius 2 is 2.17 bits per heavy atom. The molecule has 0 radical (unpaired) electrons. The van der Waals surface area contributed by atoms with E-state index in [0.29, 0.717) is 0 Å². The predicted octanol–water partition coefficient (Wildman–Crippen LogP) is 1.68. The maximum atomic E-state index is 5.55. The number of rotatable bonds is 2. The normalized spacial score (nSPS) is 14.8. The van der Waals surface area contributed by atoms with Gasteiger partial charge in [-0.25, -0.2) is 0 Å². The van der Waals surface area contributed by atoms with Crippen molar-refractivity contribution >= 4 is 0 Å². The van der Waals surface area contributed by atoms with Crippen molar-refractivity contribution in [3.63, 3.8) is 0 Å². The first-order valence-electron chi connectivity index (χ1n) is 4.71. The van der Waals surface area contributed by atoms with Gasteiger partial charge in [-0.05, 0) is 48.9 Å². The van der Waals surface area contributed by atoms with Gasteiger partial charge in [0.2, 0.25) is 0 Å². The van der Waals surface area contributed by atoms with Crippen molar-refractivity contribution < 1.29 is 0 Å². The van der Waals surface area contributed by atoms with Crippen LogP contribution in [0.4, 0.5) is 0 Å². The number of benzene rings is 1. The molecule has 0 heterocycles. The van der Waals surface area contributed by atoms with E-state index in [1.165, 1.54) is 24.8 Å². The van der Waals surface area contributed by atoms with Crippen molar-refractivity contribution in [2.75, 3.05) is 6.54 Å². The molecule has 0 aliphatic heterocycles. The van der Waals surface area contributed by atoms with E-state index in [0.717, 1.165) is 13.0 Å². The average molecular weight is 161 g/mol. The largest absolute Gasteiger partial charge is 0.330 e. The zero-order valence-electron chi connectivity index (χ0n) is 7.34. The standard InChI is InChI=1S/C11H15N/c12-8-7-10-4-1-3-9-5-2-6-11(9)10/h1,3-4H,2,5-8,12H2. The van der Waals surface area contributed by atoms with Crippen LogP contribution in [0.1, 0.15) is 23.1 Å². The highest BCUT2D eigenvalue weighted by atomic mass is 14.5. The molecule has 1 aromatic carbocycles. The summed E-state index contributed by atoms with van der Waals surface area (Å²) in [5.74, 6) is 0. The van der Waals surface area contributed by atoms with Gasteiger partial charge >= 0.3 is 0 Å². The maximum Gasteiger partial charge on any atom is -0.00366 e. The molecular weight excluding hydrogens is 146 g/mol. The Kier molecular flexibility index (Phi) is 2.13. The smallest absolute Gasteiger partial charge is 0.00366 e. The average Bonchev–Trinajstić information content (AvgIpc) is 2.53. The van der Waals surface area contributed by atoms with Crippen molar-refractivity contribution in [1.82, 2.24) is 0 Å². The van der Waals surface area contributed by atoms with Gasteiger partial charge in [-0.3, -0.25) is 0 Å². The van der Waals surface area contributed by atoms with Crippen LogP contribution in [-0.4, -0.2) is 6.54 Å². The van der Waals surface area contributed by atoms with Crippen LogP contribution in [0.25, 0.3) is 0 Å². The van der Waals surface area contributed by atoms with Crippen LogP contribution in [0.2, 0.25) is 0 Å². The molecule has 1 heteroatoms. The summed E-state index contributed by atoms with van der Waals surface area (Å²) in [4.78, 5) is 0. The van der Waals surface area contributed by atoms with Gasteiger partial charge in [0.05, 0.1) is 0 Å². The van der Waals surface area contributed by atoms with Crippen molar-refractivity contribution in [1.29, 1.82) is 0 Å². The zero-order chi connectivity index (χ0) is 8.39. The molecule has 0 saturated heterocycles. The van der Waals surface area contributed by atoms with Crippen LogP contribution in [0, 0.1) is 0 Å². The fourth-order valence-corrected chi connectivity index (χ4v) is 2.09. The van der Waals surface area contributed by atoms with E-state index in [4.69, 9.17) is 5.73 Å². The van der Waals surface area contributed by atoms with Crippen LogP contribution < -0.4 is 5.73 Å². The van der Waals surface area contributed by atoms with Crippen LogP contribution >= 0.6 is 0 Å². The molecule has 64 valence electrons. The van der Waals surface area contributed by atoms with Crippen LogP contribution in [-0.2, 0) is 19.3 Å². The molecule has 1 nitrogen and oxygen atoms in total.